The Hall–Kier alpha value is -3.06. The first-order valence-corrected chi connectivity index (χ1v) is 10.6. The summed E-state index contributed by atoms with van der Waals surface area (Å²) in [5.74, 6) is 2.23. The predicted octanol–water partition coefficient (Wildman–Crippen LogP) is 5.32. The zero-order valence-corrected chi connectivity index (χ0v) is 18.3. The average molecular weight is 427 g/mol. The number of unbranched alkanes of at least 4 members (excludes halogenated alkanes) is 1. The van der Waals surface area contributed by atoms with Gasteiger partial charge in [0.1, 0.15) is 17.2 Å². The van der Waals surface area contributed by atoms with Crippen molar-refractivity contribution in [2.75, 3.05) is 26.1 Å². The Morgan fingerprint density at radius 3 is 2.70 bits per heavy atom. The molecule has 158 valence electrons. The Bertz CT molecular complexity index is 987. The van der Waals surface area contributed by atoms with E-state index in [1.165, 1.54) is 16.9 Å². The number of anilines is 1. The lowest BCUT2D eigenvalue weighted by atomic mass is 10.1. The average Bonchev–Trinajstić information content (AvgIpc) is 3.21. The number of aryl methyl sites for hydroxylation is 1. The van der Waals surface area contributed by atoms with Gasteiger partial charge in [0.2, 0.25) is 5.91 Å². The number of carbonyl (C=O) groups is 1. The lowest BCUT2D eigenvalue weighted by Crippen LogP contribution is -2.11. The molecule has 1 heterocycles. The van der Waals surface area contributed by atoms with Gasteiger partial charge in [0.15, 0.2) is 5.13 Å². The van der Waals surface area contributed by atoms with Gasteiger partial charge < -0.3 is 19.5 Å². The van der Waals surface area contributed by atoms with Crippen molar-refractivity contribution in [3.63, 3.8) is 0 Å². The molecular weight excluding hydrogens is 400 g/mol. The molecular formula is C23H26N2O4S. The molecule has 3 aromatic rings. The van der Waals surface area contributed by atoms with Crippen LogP contribution in [0.15, 0.2) is 47.8 Å². The first-order chi connectivity index (χ1) is 14.6. The topological polar surface area (TPSA) is 69.7 Å². The van der Waals surface area contributed by atoms with Crippen molar-refractivity contribution in [3.05, 3.63) is 53.4 Å². The first-order valence-electron chi connectivity index (χ1n) is 9.76. The lowest BCUT2D eigenvalue weighted by Gasteiger charge is -2.08. The van der Waals surface area contributed by atoms with Crippen LogP contribution in [-0.4, -0.2) is 31.7 Å². The minimum atomic E-state index is -0.0518. The molecule has 1 amide bonds. The molecule has 30 heavy (non-hydrogen) atoms. The van der Waals surface area contributed by atoms with E-state index in [1.54, 1.807) is 14.2 Å². The number of ether oxygens (including phenoxy) is 3. The number of thiazole rings is 1. The van der Waals surface area contributed by atoms with Gasteiger partial charge in [-0.1, -0.05) is 12.1 Å². The molecule has 0 radical (unpaired) electrons. The van der Waals surface area contributed by atoms with Gasteiger partial charge in [0.05, 0.1) is 26.5 Å². The van der Waals surface area contributed by atoms with Crippen LogP contribution in [0.1, 0.15) is 24.8 Å². The van der Waals surface area contributed by atoms with Gasteiger partial charge in [0, 0.05) is 17.4 Å². The Kier molecular flexibility index (Phi) is 7.68. The van der Waals surface area contributed by atoms with Gasteiger partial charge in [-0.3, -0.25) is 4.79 Å². The lowest BCUT2D eigenvalue weighted by molar-refractivity contribution is -0.116. The standard InChI is InChI=1S/C23H26N2O4S/c1-16-7-6-8-18(13-16)29-12-5-4-9-22(26)25-23-24-20(15-30-23)19-14-17(27-2)10-11-21(19)28-3/h6-8,10-11,13-15H,4-5,9,12H2,1-3H3,(H,24,25,26). The fraction of sp³-hybridized carbons (Fsp3) is 0.304. The van der Waals surface area contributed by atoms with Crippen LogP contribution in [0.3, 0.4) is 0 Å². The Morgan fingerprint density at radius 2 is 1.93 bits per heavy atom. The number of rotatable bonds is 10. The first kappa shape index (κ1) is 21.6. The molecule has 0 aliphatic rings. The summed E-state index contributed by atoms with van der Waals surface area (Å²) in [6.07, 6.45) is 1.99. The predicted molar refractivity (Wildman–Crippen MR) is 120 cm³/mol. The third-order valence-electron chi connectivity index (χ3n) is 4.49. The summed E-state index contributed by atoms with van der Waals surface area (Å²) in [6, 6.07) is 13.5. The summed E-state index contributed by atoms with van der Waals surface area (Å²) in [5, 5.41) is 5.33. The summed E-state index contributed by atoms with van der Waals surface area (Å²) in [4.78, 5) is 16.8. The molecule has 2 aromatic carbocycles. The molecule has 0 aliphatic carbocycles. The number of amides is 1. The van der Waals surface area contributed by atoms with Gasteiger partial charge in [-0.25, -0.2) is 4.98 Å². The van der Waals surface area contributed by atoms with Crippen molar-refractivity contribution in [1.29, 1.82) is 0 Å². The Morgan fingerprint density at radius 1 is 1.07 bits per heavy atom. The maximum absolute atomic E-state index is 12.2. The van der Waals surface area contributed by atoms with E-state index < -0.39 is 0 Å². The molecule has 0 unspecified atom stereocenters. The molecule has 1 aromatic heterocycles. The third kappa shape index (κ3) is 5.97. The number of nitrogens with one attached hydrogen (secondary N) is 1. The molecule has 7 heteroatoms. The molecule has 0 atom stereocenters. The van der Waals surface area contributed by atoms with E-state index in [0.717, 1.165) is 35.6 Å². The van der Waals surface area contributed by atoms with E-state index in [1.807, 2.05) is 54.8 Å². The van der Waals surface area contributed by atoms with Crippen LogP contribution >= 0.6 is 11.3 Å². The van der Waals surface area contributed by atoms with Crippen molar-refractivity contribution >= 4 is 22.4 Å². The van der Waals surface area contributed by atoms with Crippen molar-refractivity contribution in [2.24, 2.45) is 0 Å². The fourth-order valence-corrected chi connectivity index (χ4v) is 3.66. The molecule has 6 nitrogen and oxygen atoms in total. The number of nitrogens with zero attached hydrogens (tertiary/aromatic N) is 1. The highest BCUT2D eigenvalue weighted by atomic mass is 32.1. The van der Waals surface area contributed by atoms with E-state index in [0.29, 0.717) is 23.9 Å². The zero-order chi connectivity index (χ0) is 21.3. The van der Waals surface area contributed by atoms with E-state index in [-0.39, 0.29) is 5.91 Å². The summed E-state index contributed by atoms with van der Waals surface area (Å²) < 4.78 is 16.4. The summed E-state index contributed by atoms with van der Waals surface area (Å²) in [6.45, 7) is 2.62. The van der Waals surface area contributed by atoms with E-state index in [4.69, 9.17) is 14.2 Å². The summed E-state index contributed by atoms with van der Waals surface area (Å²) in [7, 11) is 3.23. The fourth-order valence-electron chi connectivity index (χ4n) is 2.93. The number of hydrogen-bond donors (Lipinski definition) is 1. The van der Waals surface area contributed by atoms with Gasteiger partial charge in [-0.15, -0.1) is 11.3 Å². The van der Waals surface area contributed by atoms with Crippen molar-refractivity contribution in [3.8, 4) is 28.5 Å². The van der Waals surface area contributed by atoms with Crippen LogP contribution in [0, 0.1) is 6.92 Å². The second kappa shape index (κ2) is 10.6. The molecule has 0 aliphatic heterocycles. The van der Waals surface area contributed by atoms with Crippen LogP contribution in [0.4, 0.5) is 5.13 Å². The molecule has 1 N–H and O–H groups in total. The summed E-state index contributed by atoms with van der Waals surface area (Å²) in [5.41, 5.74) is 2.72. The number of methoxy groups -OCH3 is 2. The van der Waals surface area contributed by atoms with Crippen molar-refractivity contribution in [2.45, 2.75) is 26.2 Å². The van der Waals surface area contributed by atoms with Crippen LogP contribution in [0.5, 0.6) is 17.2 Å². The molecule has 3 rings (SSSR count). The number of benzene rings is 2. The molecule has 0 bridgehead atoms. The largest absolute Gasteiger partial charge is 0.497 e. The molecule has 0 fully saturated rings. The van der Waals surface area contributed by atoms with Gasteiger partial charge >= 0.3 is 0 Å². The maximum Gasteiger partial charge on any atom is 0.226 e. The molecule has 0 saturated heterocycles. The third-order valence-corrected chi connectivity index (χ3v) is 5.25. The quantitative estimate of drug-likeness (QED) is 0.444. The Balaban J connectivity index is 1.47. The second-order valence-electron chi connectivity index (χ2n) is 6.77. The van der Waals surface area contributed by atoms with Gasteiger partial charge in [-0.05, 0) is 55.7 Å². The number of hydrogen-bond acceptors (Lipinski definition) is 6. The highest BCUT2D eigenvalue weighted by Crippen LogP contribution is 2.35. The normalized spacial score (nSPS) is 10.5. The molecule has 0 saturated carbocycles. The number of carbonyl (C=O) groups excluding carboxylic acids is 1. The van der Waals surface area contributed by atoms with E-state index >= 15 is 0 Å². The molecule has 0 spiro atoms. The SMILES string of the molecule is COc1ccc(OC)c(-c2csc(NC(=O)CCCCOc3cccc(C)c3)n2)c1. The highest BCUT2D eigenvalue weighted by Gasteiger charge is 2.13. The van der Waals surface area contributed by atoms with Crippen molar-refractivity contribution in [1.82, 2.24) is 4.98 Å². The van der Waals surface area contributed by atoms with Gasteiger partial charge in [-0.2, -0.15) is 0 Å². The number of aromatic nitrogens is 1. The van der Waals surface area contributed by atoms with Crippen LogP contribution in [0.25, 0.3) is 11.3 Å². The minimum Gasteiger partial charge on any atom is -0.497 e. The van der Waals surface area contributed by atoms with Crippen LogP contribution < -0.4 is 19.5 Å². The minimum absolute atomic E-state index is 0.0518. The zero-order valence-electron chi connectivity index (χ0n) is 17.4. The Labute approximate surface area is 180 Å². The van der Waals surface area contributed by atoms with Crippen LogP contribution in [-0.2, 0) is 4.79 Å². The van der Waals surface area contributed by atoms with Gasteiger partial charge in [0.25, 0.3) is 0 Å². The highest BCUT2D eigenvalue weighted by molar-refractivity contribution is 7.14. The summed E-state index contributed by atoms with van der Waals surface area (Å²) >= 11 is 1.38. The van der Waals surface area contributed by atoms with Crippen LogP contribution in [0.2, 0.25) is 0 Å². The smallest absolute Gasteiger partial charge is 0.226 e. The maximum atomic E-state index is 12.2. The van der Waals surface area contributed by atoms with Crippen molar-refractivity contribution < 1.29 is 19.0 Å². The second-order valence-corrected chi connectivity index (χ2v) is 7.63. The van der Waals surface area contributed by atoms with E-state index in [9.17, 15) is 4.79 Å². The monoisotopic (exact) mass is 426 g/mol. The van der Waals surface area contributed by atoms with E-state index in [2.05, 4.69) is 10.3 Å².